The Morgan fingerprint density at radius 1 is 1.75 bits per heavy atom. The van der Waals surface area contributed by atoms with E-state index in [1.54, 1.807) is 6.92 Å². The van der Waals surface area contributed by atoms with Gasteiger partial charge in [0.1, 0.15) is 0 Å². The second kappa shape index (κ2) is 1.69. The maximum Gasteiger partial charge on any atom is 0.222 e. The van der Waals surface area contributed by atoms with Crippen LogP contribution in [0.5, 0.6) is 0 Å². The van der Waals surface area contributed by atoms with E-state index in [-0.39, 0.29) is 6.10 Å². The molecule has 0 amide bonds. The Morgan fingerprint density at radius 2 is 2.38 bits per heavy atom. The molecular formula is C5H11NO2. The van der Waals surface area contributed by atoms with E-state index >= 15 is 0 Å². The van der Waals surface area contributed by atoms with Gasteiger partial charge < -0.3 is 9.47 Å². The van der Waals surface area contributed by atoms with Crippen LogP contribution >= 0.6 is 0 Å². The maximum absolute atomic E-state index is 5.42. The Balaban J connectivity index is 2.44. The van der Waals surface area contributed by atoms with Gasteiger partial charge in [-0.05, 0) is 6.92 Å². The van der Waals surface area contributed by atoms with Gasteiger partial charge in [0.2, 0.25) is 5.91 Å². The number of ether oxygens (including phenoxy) is 2. The highest BCUT2D eigenvalue weighted by Gasteiger charge is 2.30. The zero-order chi connectivity index (χ0) is 6.20. The minimum atomic E-state index is -0.834. The van der Waals surface area contributed by atoms with Crippen molar-refractivity contribution in [3.8, 4) is 0 Å². The van der Waals surface area contributed by atoms with Crippen molar-refractivity contribution in [2.75, 3.05) is 6.61 Å². The molecule has 0 aromatic carbocycles. The van der Waals surface area contributed by atoms with Gasteiger partial charge in [-0.3, -0.25) is 5.73 Å². The Kier molecular flexibility index (Phi) is 1.27. The summed E-state index contributed by atoms with van der Waals surface area (Å²) < 4.78 is 10.1. The van der Waals surface area contributed by atoms with Gasteiger partial charge in [-0.2, -0.15) is 0 Å². The average Bonchev–Trinajstić information content (AvgIpc) is 1.82. The normalized spacial score (nSPS) is 47.6. The van der Waals surface area contributed by atoms with Crippen LogP contribution in [-0.2, 0) is 9.47 Å². The molecule has 1 aliphatic heterocycles. The molecule has 1 aliphatic rings. The van der Waals surface area contributed by atoms with E-state index in [0.717, 1.165) is 0 Å². The van der Waals surface area contributed by atoms with Crippen molar-refractivity contribution in [1.82, 2.24) is 0 Å². The summed E-state index contributed by atoms with van der Waals surface area (Å²) in [5.74, 6) is -0.834. The molecule has 0 aromatic rings. The van der Waals surface area contributed by atoms with Crippen LogP contribution in [0.3, 0.4) is 0 Å². The van der Waals surface area contributed by atoms with Crippen LogP contribution in [0.1, 0.15) is 13.8 Å². The first-order valence-corrected chi connectivity index (χ1v) is 2.71. The van der Waals surface area contributed by atoms with Crippen LogP contribution in [0.2, 0.25) is 0 Å². The lowest BCUT2D eigenvalue weighted by atomic mass is 10.5. The summed E-state index contributed by atoms with van der Waals surface area (Å²) in [4.78, 5) is 0. The van der Waals surface area contributed by atoms with Gasteiger partial charge in [0.25, 0.3) is 0 Å². The Hall–Kier alpha value is -0.120. The zero-order valence-corrected chi connectivity index (χ0v) is 5.18. The molecule has 1 rings (SSSR count). The Bertz CT molecular complexity index is 92.4. The molecule has 8 heavy (non-hydrogen) atoms. The fourth-order valence-electron chi connectivity index (χ4n) is 0.750. The molecule has 0 spiro atoms. The molecule has 0 radical (unpaired) electrons. The highest BCUT2D eigenvalue weighted by atomic mass is 16.8. The summed E-state index contributed by atoms with van der Waals surface area (Å²) >= 11 is 0. The molecule has 0 aliphatic carbocycles. The van der Waals surface area contributed by atoms with Crippen molar-refractivity contribution in [2.45, 2.75) is 25.9 Å². The molecule has 0 aromatic heterocycles. The average molecular weight is 117 g/mol. The molecule has 48 valence electrons. The van der Waals surface area contributed by atoms with Crippen molar-refractivity contribution in [2.24, 2.45) is 5.73 Å². The first kappa shape index (κ1) is 6.01. The minimum Gasteiger partial charge on any atom is -0.335 e. The summed E-state index contributed by atoms with van der Waals surface area (Å²) in [7, 11) is 0. The molecule has 2 unspecified atom stereocenters. The summed E-state index contributed by atoms with van der Waals surface area (Å²) in [6.07, 6.45) is 0.144. The number of nitrogens with two attached hydrogens (primary N) is 1. The smallest absolute Gasteiger partial charge is 0.222 e. The second-order valence-electron chi connectivity index (χ2n) is 2.26. The largest absolute Gasteiger partial charge is 0.335 e. The topological polar surface area (TPSA) is 44.5 Å². The molecular weight excluding hydrogens is 106 g/mol. The van der Waals surface area contributed by atoms with Crippen molar-refractivity contribution in [1.29, 1.82) is 0 Å². The van der Waals surface area contributed by atoms with Gasteiger partial charge in [0.05, 0.1) is 12.7 Å². The molecule has 3 nitrogen and oxygen atoms in total. The van der Waals surface area contributed by atoms with Gasteiger partial charge in [-0.15, -0.1) is 0 Å². The van der Waals surface area contributed by atoms with E-state index in [1.807, 2.05) is 6.92 Å². The van der Waals surface area contributed by atoms with Crippen LogP contribution in [0.25, 0.3) is 0 Å². The molecule has 2 N–H and O–H groups in total. The van der Waals surface area contributed by atoms with Crippen LogP contribution in [0.15, 0.2) is 0 Å². The number of hydrogen-bond donors (Lipinski definition) is 1. The van der Waals surface area contributed by atoms with E-state index in [2.05, 4.69) is 0 Å². The number of hydrogen-bond acceptors (Lipinski definition) is 3. The first-order chi connectivity index (χ1) is 3.60. The molecule has 0 saturated carbocycles. The minimum absolute atomic E-state index is 0.144. The van der Waals surface area contributed by atoms with E-state index in [0.29, 0.717) is 6.61 Å². The Morgan fingerprint density at radius 3 is 2.50 bits per heavy atom. The van der Waals surface area contributed by atoms with Crippen LogP contribution in [-0.4, -0.2) is 18.6 Å². The zero-order valence-electron chi connectivity index (χ0n) is 5.18. The monoisotopic (exact) mass is 117 g/mol. The predicted molar refractivity (Wildman–Crippen MR) is 29.1 cm³/mol. The third-order valence-electron chi connectivity index (χ3n) is 1.04. The molecule has 3 heteroatoms. The lowest BCUT2D eigenvalue weighted by molar-refractivity contribution is -0.146. The van der Waals surface area contributed by atoms with Gasteiger partial charge >= 0.3 is 0 Å². The van der Waals surface area contributed by atoms with Crippen molar-refractivity contribution >= 4 is 0 Å². The molecule has 1 fully saturated rings. The number of rotatable bonds is 0. The lowest BCUT2D eigenvalue weighted by Gasteiger charge is -2.14. The van der Waals surface area contributed by atoms with Gasteiger partial charge in [-0.25, -0.2) is 0 Å². The molecule has 1 saturated heterocycles. The summed E-state index contributed by atoms with van der Waals surface area (Å²) in [5.41, 5.74) is 5.42. The van der Waals surface area contributed by atoms with E-state index in [1.165, 1.54) is 0 Å². The quantitative estimate of drug-likeness (QED) is 0.487. The Labute approximate surface area is 48.8 Å². The summed E-state index contributed by atoms with van der Waals surface area (Å²) in [5, 5.41) is 0. The van der Waals surface area contributed by atoms with Gasteiger partial charge in [0, 0.05) is 6.92 Å². The summed E-state index contributed by atoms with van der Waals surface area (Å²) in [6, 6.07) is 0. The lowest BCUT2D eigenvalue weighted by Crippen LogP contribution is -2.37. The molecule has 0 bridgehead atoms. The standard InChI is InChI=1S/C5H11NO2/c1-4-3-7-5(2,6)8-4/h4H,3,6H2,1-2H3. The molecule has 1 heterocycles. The SMILES string of the molecule is CC1COC(C)(N)O1. The highest BCUT2D eigenvalue weighted by Crippen LogP contribution is 2.16. The summed E-state index contributed by atoms with van der Waals surface area (Å²) in [6.45, 7) is 4.24. The second-order valence-corrected chi connectivity index (χ2v) is 2.26. The van der Waals surface area contributed by atoms with Crippen LogP contribution < -0.4 is 5.73 Å². The fraction of sp³-hybridized carbons (Fsp3) is 1.00. The van der Waals surface area contributed by atoms with Gasteiger partial charge in [0.15, 0.2) is 0 Å². The maximum atomic E-state index is 5.42. The van der Waals surface area contributed by atoms with E-state index < -0.39 is 5.91 Å². The van der Waals surface area contributed by atoms with E-state index in [4.69, 9.17) is 15.2 Å². The van der Waals surface area contributed by atoms with Crippen LogP contribution in [0, 0.1) is 0 Å². The van der Waals surface area contributed by atoms with E-state index in [9.17, 15) is 0 Å². The van der Waals surface area contributed by atoms with Crippen molar-refractivity contribution < 1.29 is 9.47 Å². The predicted octanol–water partition coefficient (Wildman–Crippen LogP) is 0.0541. The van der Waals surface area contributed by atoms with Crippen molar-refractivity contribution in [3.05, 3.63) is 0 Å². The van der Waals surface area contributed by atoms with Gasteiger partial charge in [-0.1, -0.05) is 0 Å². The third kappa shape index (κ3) is 1.18. The first-order valence-electron chi connectivity index (χ1n) is 2.71. The highest BCUT2D eigenvalue weighted by molar-refractivity contribution is 4.64. The van der Waals surface area contributed by atoms with Crippen molar-refractivity contribution in [3.63, 3.8) is 0 Å². The molecule has 2 atom stereocenters. The van der Waals surface area contributed by atoms with Crippen LogP contribution in [0.4, 0.5) is 0 Å². The third-order valence-corrected chi connectivity index (χ3v) is 1.04. The fourth-order valence-corrected chi connectivity index (χ4v) is 0.750.